The van der Waals surface area contributed by atoms with Crippen molar-refractivity contribution < 1.29 is 14.3 Å². The van der Waals surface area contributed by atoms with Crippen molar-refractivity contribution in [2.24, 2.45) is 0 Å². The van der Waals surface area contributed by atoms with Crippen LogP contribution in [0.3, 0.4) is 0 Å². The quantitative estimate of drug-likeness (QED) is 0.898. The fraction of sp³-hybridized carbons (Fsp3) is 0.214. The van der Waals surface area contributed by atoms with E-state index in [4.69, 9.17) is 4.42 Å². The number of carboxylic acid groups (broad SMARTS) is 1. The van der Waals surface area contributed by atoms with Gasteiger partial charge in [0.25, 0.3) is 0 Å². The predicted molar refractivity (Wildman–Crippen MR) is 66.5 cm³/mol. The molecule has 18 heavy (non-hydrogen) atoms. The molecular formula is C14H13NO3. The summed E-state index contributed by atoms with van der Waals surface area (Å²) in [6.45, 7) is 0.487. The van der Waals surface area contributed by atoms with Crippen molar-refractivity contribution >= 4 is 11.7 Å². The molecule has 1 aliphatic heterocycles. The highest BCUT2D eigenvalue weighted by Gasteiger charge is 2.34. The van der Waals surface area contributed by atoms with Crippen LogP contribution in [0.25, 0.3) is 0 Å². The molecule has 1 unspecified atom stereocenters. The third kappa shape index (κ3) is 1.76. The van der Waals surface area contributed by atoms with E-state index in [0.29, 0.717) is 13.0 Å². The average Bonchev–Trinajstić information content (AvgIpc) is 2.98. The van der Waals surface area contributed by atoms with Gasteiger partial charge in [-0.3, -0.25) is 0 Å². The number of anilines is 1. The Kier molecular flexibility index (Phi) is 2.55. The standard InChI is InChI=1S/C14H13NO3/c16-14(17)13-8-10-4-1-2-6-12(10)15(13)9-11-5-3-7-18-11/h1-7,13H,8-9H2,(H,16,17). The second-order valence-corrected chi connectivity index (χ2v) is 4.39. The van der Waals surface area contributed by atoms with Gasteiger partial charge in [-0.2, -0.15) is 0 Å². The topological polar surface area (TPSA) is 53.7 Å². The molecule has 4 heteroatoms. The summed E-state index contributed by atoms with van der Waals surface area (Å²) in [6.07, 6.45) is 2.15. The second kappa shape index (κ2) is 4.22. The molecule has 1 aliphatic rings. The van der Waals surface area contributed by atoms with E-state index in [2.05, 4.69) is 0 Å². The molecule has 1 N–H and O–H groups in total. The molecule has 2 aromatic rings. The van der Waals surface area contributed by atoms with E-state index >= 15 is 0 Å². The Labute approximate surface area is 104 Å². The maximum absolute atomic E-state index is 11.3. The molecule has 0 saturated carbocycles. The molecule has 0 fully saturated rings. The number of para-hydroxylation sites is 1. The minimum Gasteiger partial charge on any atom is -0.480 e. The number of furan rings is 1. The second-order valence-electron chi connectivity index (χ2n) is 4.39. The summed E-state index contributed by atoms with van der Waals surface area (Å²) in [6, 6.07) is 11.0. The fourth-order valence-electron chi connectivity index (χ4n) is 2.44. The van der Waals surface area contributed by atoms with E-state index in [9.17, 15) is 9.90 Å². The molecular weight excluding hydrogens is 230 g/mol. The first-order chi connectivity index (χ1) is 8.75. The monoisotopic (exact) mass is 243 g/mol. The Balaban J connectivity index is 1.95. The average molecular weight is 243 g/mol. The Bertz CT molecular complexity index is 562. The largest absolute Gasteiger partial charge is 0.480 e. The number of carbonyl (C=O) groups is 1. The van der Waals surface area contributed by atoms with Crippen LogP contribution in [0.5, 0.6) is 0 Å². The number of benzene rings is 1. The molecule has 1 aromatic heterocycles. The smallest absolute Gasteiger partial charge is 0.326 e. The fourth-order valence-corrected chi connectivity index (χ4v) is 2.44. The van der Waals surface area contributed by atoms with Crippen molar-refractivity contribution in [2.75, 3.05) is 4.90 Å². The van der Waals surface area contributed by atoms with Gasteiger partial charge in [0.2, 0.25) is 0 Å². The first-order valence-corrected chi connectivity index (χ1v) is 5.85. The third-order valence-electron chi connectivity index (χ3n) is 3.28. The highest BCUT2D eigenvalue weighted by atomic mass is 16.4. The molecule has 1 aromatic carbocycles. The number of fused-ring (bicyclic) bond motifs is 1. The summed E-state index contributed by atoms with van der Waals surface area (Å²) in [5.74, 6) is -0.0179. The van der Waals surface area contributed by atoms with Gasteiger partial charge in [0.1, 0.15) is 11.8 Å². The molecule has 0 aliphatic carbocycles. The predicted octanol–water partition coefficient (Wildman–Crippen LogP) is 2.30. The number of rotatable bonds is 3. The lowest BCUT2D eigenvalue weighted by molar-refractivity contribution is -0.138. The summed E-state index contributed by atoms with van der Waals surface area (Å²) in [5.41, 5.74) is 2.07. The van der Waals surface area contributed by atoms with Crippen LogP contribution in [0.4, 0.5) is 5.69 Å². The van der Waals surface area contributed by atoms with Crippen LogP contribution in [-0.4, -0.2) is 17.1 Å². The molecule has 0 saturated heterocycles. The minimum atomic E-state index is -0.794. The zero-order valence-electron chi connectivity index (χ0n) is 9.74. The summed E-state index contributed by atoms with van der Waals surface area (Å²) in [5, 5.41) is 9.31. The van der Waals surface area contributed by atoms with Gasteiger partial charge in [0, 0.05) is 12.1 Å². The SMILES string of the molecule is O=C(O)C1Cc2ccccc2N1Cc1ccco1. The maximum atomic E-state index is 11.3. The highest BCUT2D eigenvalue weighted by Crippen LogP contribution is 2.33. The van der Waals surface area contributed by atoms with Crippen molar-refractivity contribution in [2.45, 2.75) is 19.0 Å². The van der Waals surface area contributed by atoms with Gasteiger partial charge in [0.05, 0.1) is 12.8 Å². The van der Waals surface area contributed by atoms with Gasteiger partial charge >= 0.3 is 5.97 Å². The summed E-state index contributed by atoms with van der Waals surface area (Å²) >= 11 is 0. The van der Waals surface area contributed by atoms with E-state index in [-0.39, 0.29) is 0 Å². The van der Waals surface area contributed by atoms with E-state index in [1.165, 1.54) is 0 Å². The number of carboxylic acids is 1. The lowest BCUT2D eigenvalue weighted by Gasteiger charge is -2.23. The molecule has 92 valence electrons. The molecule has 2 heterocycles. The molecule has 1 atom stereocenters. The van der Waals surface area contributed by atoms with Crippen molar-refractivity contribution in [3.63, 3.8) is 0 Å². The molecule has 0 radical (unpaired) electrons. The van der Waals surface area contributed by atoms with Gasteiger partial charge in [-0.1, -0.05) is 18.2 Å². The number of nitrogens with zero attached hydrogens (tertiary/aromatic N) is 1. The van der Waals surface area contributed by atoms with Crippen molar-refractivity contribution in [3.05, 3.63) is 54.0 Å². The van der Waals surface area contributed by atoms with Crippen LogP contribution in [0.15, 0.2) is 47.1 Å². The van der Waals surface area contributed by atoms with E-state index < -0.39 is 12.0 Å². The van der Waals surface area contributed by atoms with Gasteiger partial charge in [-0.15, -0.1) is 0 Å². The van der Waals surface area contributed by atoms with Gasteiger partial charge in [-0.05, 0) is 23.8 Å². The van der Waals surface area contributed by atoms with Gasteiger partial charge in [-0.25, -0.2) is 4.79 Å². The molecule has 3 rings (SSSR count). The molecule has 4 nitrogen and oxygen atoms in total. The summed E-state index contributed by atoms with van der Waals surface area (Å²) in [7, 11) is 0. The summed E-state index contributed by atoms with van der Waals surface area (Å²) in [4.78, 5) is 13.2. The molecule has 0 bridgehead atoms. The lowest BCUT2D eigenvalue weighted by atomic mass is 10.1. The zero-order valence-corrected chi connectivity index (χ0v) is 9.74. The summed E-state index contributed by atoms with van der Waals surface area (Å²) < 4.78 is 5.30. The van der Waals surface area contributed by atoms with Crippen LogP contribution < -0.4 is 4.90 Å². The van der Waals surface area contributed by atoms with Crippen molar-refractivity contribution in [1.29, 1.82) is 0 Å². The number of hydrogen-bond donors (Lipinski definition) is 1. The minimum absolute atomic E-state index is 0.487. The molecule has 0 spiro atoms. The van der Waals surface area contributed by atoms with Crippen LogP contribution in [0.2, 0.25) is 0 Å². The Morgan fingerprint density at radius 2 is 2.17 bits per heavy atom. The van der Waals surface area contributed by atoms with Gasteiger partial charge < -0.3 is 14.4 Å². The molecule has 0 amide bonds. The van der Waals surface area contributed by atoms with Crippen LogP contribution in [0, 0.1) is 0 Å². The van der Waals surface area contributed by atoms with Crippen LogP contribution in [-0.2, 0) is 17.8 Å². The van der Waals surface area contributed by atoms with Crippen molar-refractivity contribution in [1.82, 2.24) is 0 Å². The Morgan fingerprint density at radius 3 is 2.89 bits per heavy atom. The van der Waals surface area contributed by atoms with E-state index in [0.717, 1.165) is 17.0 Å². The first kappa shape index (κ1) is 10.9. The van der Waals surface area contributed by atoms with Crippen LogP contribution in [0.1, 0.15) is 11.3 Å². The zero-order chi connectivity index (χ0) is 12.5. The van der Waals surface area contributed by atoms with E-state index in [1.54, 1.807) is 6.26 Å². The van der Waals surface area contributed by atoms with E-state index in [1.807, 2.05) is 41.3 Å². The van der Waals surface area contributed by atoms with Gasteiger partial charge in [0.15, 0.2) is 0 Å². The highest BCUT2D eigenvalue weighted by molar-refractivity contribution is 5.82. The number of aliphatic carboxylic acids is 1. The normalized spacial score (nSPS) is 17.8. The lowest BCUT2D eigenvalue weighted by Crippen LogP contribution is -2.37. The van der Waals surface area contributed by atoms with Crippen molar-refractivity contribution in [3.8, 4) is 0 Å². The maximum Gasteiger partial charge on any atom is 0.326 e. The van der Waals surface area contributed by atoms with Crippen LogP contribution >= 0.6 is 0 Å². The number of hydrogen-bond acceptors (Lipinski definition) is 3. The third-order valence-corrected chi connectivity index (χ3v) is 3.28. The Morgan fingerprint density at radius 1 is 1.33 bits per heavy atom. The first-order valence-electron chi connectivity index (χ1n) is 5.85. The Hall–Kier alpha value is -2.23.